The highest BCUT2D eigenvalue weighted by atomic mass is 16.4. The molecule has 1 rings (SSSR count). The molecule has 5 heteroatoms. The van der Waals surface area contributed by atoms with Gasteiger partial charge in [-0.15, -0.1) is 0 Å². The lowest BCUT2D eigenvalue weighted by atomic mass is 10.2. The number of rotatable bonds is 9. The first-order valence-corrected chi connectivity index (χ1v) is 7.90. The molecule has 0 heterocycles. The van der Waals surface area contributed by atoms with E-state index in [2.05, 4.69) is 18.7 Å². The van der Waals surface area contributed by atoms with Crippen molar-refractivity contribution in [1.82, 2.24) is 0 Å². The van der Waals surface area contributed by atoms with Crippen molar-refractivity contribution in [1.29, 1.82) is 0 Å². The average molecular weight is 306 g/mol. The number of carbonyl (C=O) groups is 2. The van der Waals surface area contributed by atoms with Gasteiger partial charge >= 0.3 is 5.97 Å². The van der Waals surface area contributed by atoms with E-state index in [0.717, 1.165) is 30.9 Å². The topological polar surface area (TPSA) is 60.9 Å². The van der Waals surface area contributed by atoms with Crippen molar-refractivity contribution in [3.8, 4) is 0 Å². The maximum atomic E-state index is 12.2. The minimum absolute atomic E-state index is 0.0284. The number of anilines is 2. The van der Waals surface area contributed by atoms with E-state index < -0.39 is 5.97 Å². The van der Waals surface area contributed by atoms with Crippen LogP contribution in [-0.2, 0) is 9.59 Å². The largest absolute Gasteiger partial charge is 0.481 e. The van der Waals surface area contributed by atoms with Crippen LogP contribution in [0.2, 0.25) is 0 Å². The number of hydrogen-bond acceptors (Lipinski definition) is 3. The molecule has 0 radical (unpaired) electrons. The molecule has 1 aromatic rings. The highest BCUT2D eigenvalue weighted by Gasteiger charge is 2.16. The van der Waals surface area contributed by atoms with E-state index in [0.29, 0.717) is 6.42 Å². The molecule has 5 nitrogen and oxygen atoms in total. The highest BCUT2D eigenvalue weighted by Crippen LogP contribution is 2.22. The third kappa shape index (κ3) is 5.06. The number of nitrogens with zero attached hydrogens (tertiary/aromatic N) is 2. The molecule has 1 aromatic carbocycles. The Morgan fingerprint density at radius 3 is 1.95 bits per heavy atom. The fourth-order valence-corrected chi connectivity index (χ4v) is 2.39. The minimum Gasteiger partial charge on any atom is -0.481 e. The van der Waals surface area contributed by atoms with Crippen LogP contribution in [0.3, 0.4) is 0 Å². The van der Waals surface area contributed by atoms with Crippen LogP contribution >= 0.6 is 0 Å². The third-order valence-electron chi connectivity index (χ3n) is 3.60. The van der Waals surface area contributed by atoms with E-state index in [4.69, 9.17) is 5.11 Å². The second-order valence-electron chi connectivity index (χ2n) is 5.13. The maximum absolute atomic E-state index is 12.2. The van der Waals surface area contributed by atoms with Gasteiger partial charge in [0.25, 0.3) is 0 Å². The van der Waals surface area contributed by atoms with Crippen LogP contribution < -0.4 is 9.80 Å². The van der Waals surface area contributed by atoms with Crippen molar-refractivity contribution in [2.24, 2.45) is 0 Å². The first-order valence-electron chi connectivity index (χ1n) is 7.90. The molecule has 0 unspecified atom stereocenters. The van der Waals surface area contributed by atoms with E-state index in [1.165, 1.54) is 0 Å². The van der Waals surface area contributed by atoms with Gasteiger partial charge in [0, 0.05) is 37.4 Å². The van der Waals surface area contributed by atoms with Gasteiger partial charge < -0.3 is 14.9 Å². The quantitative estimate of drug-likeness (QED) is 0.761. The van der Waals surface area contributed by atoms with Crippen LogP contribution in [0.25, 0.3) is 0 Å². The van der Waals surface area contributed by atoms with E-state index in [1.54, 1.807) is 4.90 Å². The van der Waals surface area contributed by atoms with Gasteiger partial charge in [-0.2, -0.15) is 0 Å². The SMILES string of the molecule is CCCC(=O)N(CCC(=O)O)c1ccc(N(CC)CC)cc1. The van der Waals surface area contributed by atoms with Crippen molar-refractivity contribution in [3.05, 3.63) is 24.3 Å². The average Bonchev–Trinajstić information content (AvgIpc) is 2.50. The van der Waals surface area contributed by atoms with Gasteiger partial charge in [-0.3, -0.25) is 9.59 Å². The van der Waals surface area contributed by atoms with Crippen LogP contribution in [-0.4, -0.2) is 36.6 Å². The molecule has 0 saturated carbocycles. The molecule has 122 valence electrons. The molecule has 0 fully saturated rings. The molecule has 0 aliphatic carbocycles. The summed E-state index contributed by atoms with van der Waals surface area (Å²) in [6, 6.07) is 7.75. The van der Waals surface area contributed by atoms with Crippen molar-refractivity contribution < 1.29 is 14.7 Å². The zero-order valence-corrected chi connectivity index (χ0v) is 13.7. The van der Waals surface area contributed by atoms with Gasteiger partial charge in [0.2, 0.25) is 5.91 Å². The molecule has 0 bridgehead atoms. The molecule has 1 N–H and O–H groups in total. The Balaban J connectivity index is 2.93. The summed E-state index contributed by atoms with van der Waals surface area (Å²) >= 11 is 0. The number of aliphatic carboxylic acids is 1. The number of hydrogen-bond donors (Lipinski definition) is 1. The summed E-state index contributed by atoms with van der Waals surface area (Å²) in [5.41, 5.74) is 1.87. The molecule has 0 saturated heterocycles. The Bertz CT molecular complexity index is 481. The van der Waals surface area contributed by atoms with E-state index in [9.17, 15) is 9.59 Å². The number of benzene rings is 1. The van der Waals surface area contributed by atoms with Crippen LogP contribution in [0.4, 0.5) is 11.4 Å². The van der Waals surface area contributed by atoms with Gasteiger partial charge in [0.05, 0.1) is 6.42 Å². The summed E-state index contributed by atoms with van der Waals surface area (Å²) in [6.45, 7) is 8.19. The molecular weight excluding hydrogens is 280 g/mol. The van der Waals surface area contributed by atoms with Gasteiger partial charge in [-0.05, 0) is 44.5 Å². The normalized spacial score (nSPS) is 10.3. The Labute approximate surface area is 132 Å². The summed E-state index contributed by atoms with van der Waals surface area (Å²) < 4.78 is 0. The van der Waals surface area contributed by atoms with Crippen molar-refractivity contribution in [2.45, 2.75) is 40.0 Å². The second-order valence-corrected chi connectivity index (χ2v) is 5.13. The monoisotopic (exact) mass is 306 g/mol. The first-order chi connectivity index (χ1) is 10.5. The first kappa shape index (κ1) is 18.0. The molecule has 0 aliphatic heterocycles. The Hall–Kier alpha value is -2.04. The lowest BCUT2D eigenvalue weighted by Crippen LogP contribution is -2.32. The Morgan fingerprint density at radius 1 is 0.955 bits per heavy atom. The molecule has 0 atom stereocenters. The van der Waals surface area contributed by atoms with Gasteiger partial charge in [0.1, 0.15) is 0 Å². The number of carboxylic acids is 1. The molecule has 22 heavy (non-hydrogen) atoms. The fourth-order valence-electron chi connectivity index (χ4n) is 2.39. The number of carboxylic acid groups (broad SMARTS) is 1. The lowest BCUT2D eigenvalue weighted by Gasteiger charge is -2.25. The van der Waals surface area contributed by atoms with Crippen LogP contribution in [0, 0.1) is 0 Å². The number of amides is 1. The number of carbonyl (C=O) groups excluding carboxylic acids is 1. The fraction of sp³-hybridized carbons (Fsp3) is 0.529. The molecular formula is C17H26N2O3. The molecule has 1 amide bonds. The summed E-state index contributed by atoms with van der Waals surface area (Å²) in [7, 11) is 0. The molecule has 0 spiro atoms. The standard InChI is InChI=1S/C17H26N2O3/c1-4-7-16(20)19(13-12-17(21)22)15-10-8-14(9-11-15)18(5-2)6-3/h8-11H,4-7,12-13H2,1-3H3,(H,21,22). The lowest BCUT2D eigenvalue weighted by molar-refractivity contribution is -0.136. The van der Waals surface area contributed by atoms with Crippen molar-refractivity contribution in [2.75, 3.05) is 29.4 Å². The zero-order chi connectivity index (χ0) is 16.5. The van der Waals surface area contributed by atoms with Gasteiger partial charge in [-0.1, -0.05) is 6.92 Å². The Morgan fingerprint density at radius 2 is 1.50 bits per heavy atom. The van der Waals surface area contributed by atoms with E-state index >= 15 is 0 Å². The van der Waals surface area contributed by atoms with Crippen molar-refractivity contribution >= 4 is 23.3 Å². The summed E-state index contributed by atoms with van der Waals surface area (Å²) in [5.74, 6) is -0.923. The summed E-state index contributed by atoms with van der Waals surface area (Å²) in [4.78, 5) is 26.8. The predicted molar refractivity (Wildman–Crippen MR) is 89.5 cm³/mol. The minimum atomic E-state index is -0.894. The molecule has 0 aromatic heterocycles. The smallest absolute Gasteiger partial charge is 0.305 e. The van der Waals surface area contributed by atoms with E-state index in [1.807, 2.05) is 31.2 Å². The van der Waals surface area contributed by atoms with E-state index in [-0.39, 0.29) is 18.9 Å². The third-order valence-corrected chi connectivity index (χ3v) is 3.60. The summed E-state index contributed by atoms with van der Waals surface area (Å²) in [5, 5.41) is 8.86. The van der Waals surface area contributed by atoms with Crippen LogP contribution in [0.15, 0.2) is 24.3 Å². The Kier molecular flexibility index (Phi) is 7.43. The van der Waals surface area contributed by atoms with Gasteiger partial charge in [-0.25, -0.2) is 0 Å². The highest BCUT2D eigenvalue weighted by molar-refractivity contribution is 5.94. The van der Waals surface area contributed by atoms with Crippen molar-refractivity contribution in [3.63, 3.8) is 0 Å². The van der Waals surface area contributed by atoms with Crippen LogP contribution in [0.1, 0.15) is 40.0 Å². The maximum Gasteiger partial charge on any atom is 0.305 e. The van der Waals surface area contributed by atoms with Crippen LogP contribution in [0.5, 0.6) is 0 Å². The zero-order valence-electron chi connectivity index (χ0n) is 13.7. The summed E-state index contributed by atoms with van der Waals surface area (Å²) in [6.07, 6.45) is 1.13. The molecule has 0 aliphatic rings. The van der Waals surface area contributed by atoms with Gasteiger partial charge in [0.15, 0.2) is 0 Å². The second kappa shape index (κ2) is 9.07. The predicted octanol–water partition coefficient (Wildman–Crippen LogP) is 3.14.